The summed E-state index contributed by atoms with van der Waals surface area (Å²) < 4.78 is 35.7. The summed E-state index contributed by atoms with van der Waals surface area (Å²) in [5.41, 5.74) is 1.89. The summed E-state index contributed by atoms with van der Waals surface area (Å²) in [6.07, 6.45) is 0.205. The van der Waals surface area contributed by atoms with Crippen molar-refractivity contribution < 1.29 is 17.7 Å². The van der Waals surface area contributed by atoms with E-state index in [1.807, 2.05) is 45.0 Å². The summed E-state index contributed by atoms with van der Waals surface area (Å²) in [6.45, 7) is 6.53. The van der Waals surface area contributed by atoms with Gasteiger partial charge in [-0.2, -0.15) is 8.42 Å². The molecule has 6 heteroatoms. The first kappa shape index (κ1) is 18.1. The van der Waals surface area contributed by atoms with E-state index in [-0.39, 0.29) is 17.4 Å². The van der Waals surface area contributed by atoms with Crippen molar-refractivity contribution in [2.24, 2.45) is 0 Å². The van der Waals surface area contributed by atoms with Crippen molar-refractivity contribution >= 4 is 10.1 Å². The number of ether oxygens (including phenoxy) is 1. The maximum atomic E-state index is 10.7. The predicted molar refractivity (Wildman–Crippen MR) is 84.0 cm³/mol. The standard InChI is InChI=1S/C15H25NO4S/c1-12-6-8-13(9-7-12)14(20-4)15(2,3)16-10-5-11-21(17,18)19/h6-9,14,16H,5,10-11H2,1-4H3,(H,17,18,19). The summed E-state index contributed by atoms with van der Waals surface area (Å²) in [4.78, 5) is 0. The van der Waals surface area contributed by atoms with Gasteiger partial charge in [0, 0.05) is 12.6 Å². The lowest BCUT2D eigenvalue weighted by Crippen LogP contribution is -2.46. The topological polar surface area (TPSA) is 75.6 Å². The van der Waals surface area contributed by atoms with Crippen LogP contribution in [0.15, 0.2) is 24.3 Å². The van der Waals surface area contributed by atoms with Crippen LogP contribution in [0.1, 0.15) is 37.5 Å². The van der Waals surface area contributed by atoms with Crippen LogP contribution in [-0.2, 0) is 14.9 Å². The molecule has 0 radical (unpaired) electrons. The Kier molecular flexibility index (Phi) is 6.34. The monoisotopic (exact) mass is 315 g/mol. The molecule has 0 aliphatic carbocycles. The summed E-state index contributed by atoms with van der Waals surface area (Å²) in [5.74, 6) is -0.238. The van der Waals surface area contributed by atoms with E-state index in [0.29, 0.717) is 13.0 Å². The van der Waals surface area contributed by atoms with E-state index in [2.05, 4.69) is 5.32 Å². The zero-order valence-electron chi connectivity index (χ0n) is 13.1. The normalized spacial score (nSPS) is 14.1. The third-order valence-corrected chi connectivity index (χ3v) is 4.24. The summed E-state index contributed by atoms with van der Waals surface area (Å²) in [6, 6.07) is 8.14. The fourth-order valence-corrected chi connectivity index (χ4v) is 2.86. The van der Waals surface area contributed by atoms with Gasteiger partial charge >= 0.3 is 0 Å². The van der Waals surface area contributed by atoms with Crippen molar-refractivity contribution in [2.45, 2.75) is 38.8 Å². The Morgan fingerprint density at radius 1 is 1.29 bits per heavy atom. The second-order valence-corrected chi connectivity index (χ2v) is 7.39. The molecule has 0 saturated heterocycles. The van der Waals surface area contributed by atoms with Crippen LogP contribution in [0.4, 0.5) is 0 Å². The Labute approximate surface area is 127 Å². The molecule has 0 saturated carbocycles. The molecule has 1 aromatic rings. The SMILES string of the molecule is COC(c1ccc(C)cc1)C(C)(C)NCCCS(=O)(=O)O. The average molecular weight is 315 g/mol. The molecule has 0 bridgehead atoms. The van der Waals surface area contributed by atoms with Crippen LogP contribution in [0.2, 0.25) is 0 Å². The molecule has 21 heavy (non-hydrogen) atoms. The average Bonchev–Trinajstić information content (AvgIpc) is 2.36. The van der Waals surface area contributed by atoms with Gasteiger partial charge in [-0.25, -0.2) is 0 Å². The molecule has 0 aromatic heterocycles. The predicted octanol–water partition coefficient (Wildman–Crippen LogP) is 2.33. The molecule has 0 amide bonds. The van der Waals surface area contributed by atoms with E-state index < -0.39 is 10.1 Å². The van der Waals surface area contributed by atoms with E-state index in [9.17, 15) is 8.42 Å². The number of methoxy groups -OCH3 is 1. The Balaban J connectivity index is 2.67. The molecular weight excluding hydrogens is 290 g/mol. The Hall–Kier alpha value is -0.950. The van der Waals surface area contributed by atoms with Crippen LogP contribution in [0.3, 0.4) is 0 Å². The Morgan fingerprint density at radius 3 is 2.33 bits per heavy atom. The highest BCUT2D eigenvalue weighted by Crippen LogP contribution is 2.29. The number of hydrogen-bond donors (Lipinski definition) is 2. The molecule has 1 atom stereocenters. The van der Waals surface area contributed by atoms with Gasteiger partial charge < -0.3 is 10.1 Å². The molecule has 5 nitrogen and oxygen atoms in total. The lowest BCUT2D eigenvalue weighted by Gasteiger charge is -2.35. The minimum atomic E-state index is -3.90. The van der Waals surface area contributed by atoms with Crippen molar-refractivity contribution in [1.82, 2.24) is 5.32 Å². The van der Waals surface area contributed by atoms with E-state index >= 15 is 0 Å². The second kappa shape index (κ2) is 7.35. The van der Waals surface area contributed by atoms with Crippen molar-refractivity contribution in [3.8, 4) is 0 Å². The summed E-state index contributed by atoms with van der Waals surface area (Å²) in [5, 5.41) is 3.30. The zero-order valence-corrected chi connectivity index (χ0v) is 13.9. The van der Waals surface area contributed by atoms with Crippen LogP contribution < -0.4 is 5.32 Å². The van der Waals surface area contributed by atoms with Gasteiger partial charge in [-0.15, -0.1) is 0 Å². The molecule has 2 N–H and O–H groups in total. The summed E-state index contributed by atoms with van der Waals surface area (Å²) >= 11 is 0. The van der Waals surface area contributed by atoms with Gasteiger partial charge in [0.05, 0.1) is 11.9 Å². The molecule has 0 fully saturated rings. The lowest BCUT2D eigenvalue weighted by molar-refractivity contribution is 0.0314. The zero-order chi connectivity index (χ0) is 16.1. The maximum absolute atomic E-state index is 10.7. The molecule has 0 heterocycles. The maximum Gasteiger partial charge on any atom is 0.264 e. The van der Waals surface area contributed by atoms with Crippen molar-refractivity contribution in [1.29, 1.82) is 0 Å². The molecular formula is C15H25NO4S. The van der Waals surface area contributed by atoms with Gasteiger partial charge in [-0.1, -0.05) is 29.8 Å². The molecule has 1 unspecified atom stereocenters. The molecule has 0 aliphatic heterocycles. The summed E-state index contributed by atoms with van der Waals surface area (Å²) in [7, 11) is -2.24. The molecule has 0 spiro atoms. The van der Waals surface area contributed by atoms with Gasteiger partial charge in [0.1, 0.15) is 0 Å². The fourth-order valence-electron chi connectivity index (χ4n) is 2.35. The highest BCUT2D eigenvalue weighted by molar-refractivity contribution is 7.85. The third-order valence-electron chi connectivity index (χ3n) is 3.43. The lowest BCUT2D eigenvalue weighted by atomic mass is 9.90. The highest BCUT2D eigenvalue weighted by atomic mass is 32.2. The minimum absolute atomic E-state index is 0.149. The van der Waals surface area contributed by atoms with E-state index in [0.717, 1.165) is 5.56 Å². The van der Waals surface area contributed by atoms with Crippen LogP contribution in [0.25, 0.3) is 0 Å². The van der Waals surface area contributed by atoms with Crippen LogP contribution >= 0.6 is 0 Å². The number of aryl methyl sites for hydroxylation is 1. The second-order valence-electron chi connectivity index (χ2n) is 5.81. The van der Waals surface area contributed by atoms with E-state index in [1.54, 1.807) is 7.11 Å². The first-order valence-corrected chi connectivity index (χ1v) is 8.56. The van der Waals surface area contributed by atoms with Crippen LogP contribution in [0.5, 0.6) is 0 Å². The van der Waals surface area contributed by atoms with Gasteiger partial charge in [-0.05, 0) is 39.3 Å². The first-order chi connectivity index (χ1) is 9.65. The number of rotatable bonds is 8. The van der Waals surface area contributed by atoms with Crippen molar-refractivity contribution in [2.75, 3.05) is 19.4 Å². The molecule has 0 aliphatic rings. The molecule has 1 aromatic carbocycles. The number of nitrogens with one attached hydrogen (secondary N) is 1. The third kappa shape index (κ3) is 6.13. The number of benzene rings is 1. The first-order valence-electron chi connectivity index (χ1n) is 6.95. The van der Waals surface area contributed by atoms with Crippen LogP contribution in [-0.4, -0.2) is 37.9 Å². The number of hydrogen-bond acceptors (Lipinski definition) is 4. The van der Waals surface area contributed by atoms with Gasteiger partial charge in [0.25, 0.3) is 10.1 Å². The van der Waals surface area contributed by atoms with Gasteiger partial charge in [0.2, 0.25) is 0 Å². The smallest absolute Gasteiger partial charge is 0.264 e. The quantitative estimate of drug-likeness (QED) is 0.569. The van der Waals surface area contributed by atoms with Crippen LogP contribution in [0, 0.1) is 6.92 Å². The Morgan fingerprint density at radius 2 is 1.86 bits per heavy atom. The molecule has 120 valence electrons. The minimum Gasteiger partial charge on any atom is -0.375 e. The van der Waals surface area contributed by atoms with Crippen molar-refractivity contribution in [3.05, 3.63) is 35.4 Å². The Bertz CT molecular complexity index is 537. The highest BCUT2D eigenvalue weighted by Gasteiger charge is 2.30. The van der Waals surface area contributed by atoms with Gasteiger partial charge in [0.15, 0.2) is 0 Å². The fraction of sp³-hybridized carbons (Fsp3) is 0.600. The van der Waals surface area contributed by atoms with Crippen molar-refractivity contribution in [3.63, 3.8) is 0 Å². The van der Waals surface area contributed by atoms with E-state index in [4.69, 9.17) is 9.29 Å². The largest absolute Gasteiger partial charge is 0.375 e. The van der Waals surface area contributed by atoms with E-state index in [1.165, 1.54) is 5.56 Å². The van der Waals surface area contributed by atoms with Gasteiger partial charge in [-0.3, -0.25) is 4.55 Å². The molecule has 1 rings (SSSR count).